The van der Waals surface area contributed by atoms with Crippen molar-refractivity contribution in [3.63, 3.8) is 0 Å². The quantitative estimate of drug-likeness (QED) is 0.696. The molecule has 1 heterocycles. The highest BCUT2D eigenvalue weighted by atomic mass is 32.2. The van der Waals surface area contributed by atoms with Gasteiger partial charge in [-0.2, -0.15) is 12.8 Å². The highest BCUT2D eigenvalue weighted by Gasteiger charge is 2.34. The van der Waals surface area contributed by atoms with Gasteiger partial charge in [-0.3, -0.25) is 0 Å². The van der Waals surface area contributed by atoms with Gasteiger partial charge in [-0.25, -0.2) is 0 Å². The molecule has 0 radical (unpaired) electrons. The highest BCUT2D eigenvalue weighted by Crippen LogP contribution is 2.34. The van der Waals surface area contributed by atoms with E-state index in [1.54, 1.807) is 6.07 Å². The standard InChI is InChI=1S/C12H15NO2S/c1-8-5-6-9-10(7-8)16(14,15)13-11(9)12(2,3)4/h5-7H,1-4H3. The molecule has 0 atom stereocenters. The topological polar surface area (TPSA) is 46.5 Å². The molecule has 4 heteroatoms. The number of hydrogen-bond donors (Lipinski definition) is 0. The summed E-state index contributed by atoms with van der Waals surface area (Å²) in [4.78, 5) is 0.345. The van der Waals surface area contributed by atoms with Crippen molar-refractivity contribution in [1.82, 2.24) is 0 Å². The minimum Gasteiger partial charge on any atom is -0.199 e. The van der Waals surface area contributed by atoms with Crippen molar-refractivity contribution < 1.29 is 8.42 Å². The molecule has 0 saturated heterocycles. The molecule has 0 saturated carbocycles. The molecule has 0 amide bonds. The number of rotatable bonds is 0. The van der Waals surface area contributed by atoms with Crippen LogP contribution in [0.2, 0.25) is 0 Å². The Kier molecular flexibility index (Phi) is 2.24. The maximum atomic E-state index is 11.9. The summed E-state index contributed by atoms with van der Waals surface area (Å²) in [6.07, 6.45) is 0. The molecular weight excluding hydrogens is 222 g/mol. The molecule has 3 nitrogen and oxygen atoms in total. The second-order valence-corrected chi connectivity index (χ2v) is 6.74. The second kappa shape index (κ2) is 3.17. The maximum Gasteiger partial charge on any atom is 0.283 e. The lowest BCUT2D eigenvalue weighted by Gasteiger charge is -2.18. The minimum atomic E-state index is -3.47. The molecule has 0 aliphatic carbocycles. The third kappa shape index (κ3) is 1.67. The van der Waals surface area contributed by atoms with Gasteiger partial charge >= 0.3 is 0 Å². The van der Waals surface area contributed by atoms with Crippen molar-refractivity contribution >= 4 is 15.7 Å². The Morgan fingerprint density at radius 2 is 1.81 bits per heavy atom. The summed E-state index contributed by atoms with van der Waals surface area (Å²) < 4.78 is 27.6. The van der Waals surface area contributed by atoms with Crippen LogP contribution < -0.4 is 0 Å². The third-order valence-electron chi connectivity index (χ3n) is 2.59. The van der Waals surface area contributed by atoms with Crippen LogP contribution in [-0.2, 0) is 10.0 Å². The van der Waals surface area contributed by atoms with Crippen molar-refractivity contribution in [2.75, 3.05) is 0 Å². The molecule has 0 fully saturated rings. The molecule has 0 spiro atoms. The lowest BCUT2D eigenvalue weighted by atomic mass is 9.85. The van der Waals surface area contributed by atoms with Gasteiger partial charge in [-0.15, -0.1) is 0 Å². The van der Waals surface area contributed by atoms with Gasteiger partial charge in [0.1, 0.15) is 0 Å². The van der Waals surface area contributed by atoms with Crippen LogP contribution in [0.4, 0.5) is 0 Å². The monoisotopic (exact) mass is 237 g/mol. The van der Waals surface area contributed by atoms with Crippen LogP contribution in [0.1, 0.15) is 31.9 Å². The van der Waals surface area contributed by atoms with E-state index in [1.807, 2.05) is 39.8 Å². The zero-order valence-corrected chi connectivity index (χ0v) is 10.7. The molecular formula is C12H15NO2S. The number of benzene rings is 1. The van der Waals surface area contributed by atoms with Crippen LogP contribution in [0, 0.1) is 12.3 Å². The van der Waals surface area contributed by atoms with Gasteiger partial charge in [-0.05, 0) is 18.6 Å². The predicted molar refractivity (Wildman–Crippen MR) is 64.4 cm³/mol. The van der Waals surface area contributed by atoms with E-state index in [0.717, 1.165) is 11.1 Å². The normalized spacial score (nSPS) is 18.1. The van der Waals surface area contributed by atoms with E-state index < -0.39 is 10.0 Å². The molecule has 16 heavy (non-hydrogen) atoms. The van der Waals surface area contributed by atoms with E-state index in [4.69, 9.17) is 0 Å². The zero-order chi connectivity index (χ0) is 12.1. The lowest BCUT2D eigenvalue weighted by Crippen LogP contribution is -2.19. The SMILES string of the molecule is Cc1ccc2c(c1)S(=O)(=O)N=C2C(C)(C)C. The van der Waals surface area contributed by atoms with Gasteiger partial charge < -0.3 is 0 Å². The Bertz CT molecular complexity index is 578. The first-order chi connectivity index (χ1) is 7.22. The van der Waals surface area contributed by atoms with Gasteiger partial charge in [0.25, 0.3) is 10.0 Å². The average molecular weight is 237 g/mol. The molecule has 1 aromatic rings. The first kappa shape index (κ1) is 11.3. The lowest BCUT2D eigenvalue weighted by molar-refractivity contribution is 0.589. The summed E-state index contributed by atoms with van der Waals surface area (Å²) in [6.45, 7) is 7.79. The number of aryl methyl sites for hydroxylation is 1. The van der Waals surface area contributed by atoms with Crippen LogP contribution in [0.5, 0.6) is 0 Å². The Morgan fingerprint density at radius 3 is 2.38 bits per heavy atom. The summed E-state index contributed by atoms with van der Waals surface area (Å²) in [5.41, 5.74) is 2.08. The molecule has 86 valence electrons. The van der Waals surface area contributed by atoms with E-state index >= 15 is 0 Å². The van der Waals surface area contributed by atoms with Crippen molar-refractivity contribution in [3.05, 3.63) is 29.3 Å². The Hall–Kier alpha value is -1.16. The largest absolute Gasteiger partial charge is 0.283 e. The molecule has 0 aromatic heterocycles. The summed E-state index contributed by atoms with van der Waals surface area (Å²) >= 11 is 0. The number of hydrogen-bond acceptors (Lipinski definition) is 2. The van der Waals surface area contributed by atoms with E-state index in [0.29, 0.717) is 10.6 Å². The van der Waals surface area contributed by atoms with Crippen LogP contribution in [0.3, 0.4) is 0 Å². The fourth-order valence-corrected chi connectivity index (χ4v) is 3.29. The van der Waals surface area contributed by atoms with Gasteiger partial charge in [0, 0.05) is 11.0 Å². The number of fused-ring (bicyclic) bond motifs is 1. The van der Waals surface area contributed by atoms with Gasteiger partial charge in [-0.1, -0.05) is 32.9 Å². The predicted octanol–water partition coefficient (Wildman–Crippen LogP) is 2.53. The van der Waals surface area contributed by atoms with Crippen molar-refractivity contribution in [3.8, 4) is 0 Å². The number of sulfonamides is 1. The van der Waals surface area contributed by atoms with Gasteiger partial charge in [0.2, 0.25) is 0 Å². The summed E-state index contributed by atoms with van der Waals surface area (Å²) in [5, 5.41) is 0. The fraction of sp³-hybridized carbons (Fsp3) is 0.417. The van der Waals surface area contributed by atoms with Crippen LogP contribution >= 0.6 is 0 Å². The summed E-state index contributed by atoms with van der Waals surface area (Å²) in [6, 6.07) is 5.45. The highest BCUT2D eigenvalue weighted by molar-refractivity contribution is 7.90. The molecule has 0 bridgehead atoms. The van der Waals surface area contributed by atoms with Crippen molar-refractivity contribution in [2.24, 2.45) is 9.81 Å². The van der Waals surface area contributed by atoms with Crippen LogP contribution in [-0.4, -0.2) is 14.1 Å². The molecule has 0 N–H and O–H groups in total. The van der Waals surface area contributed by atoms with Crippen molar-refractivity contribution in [2.45, 2.75) is 32.6 Å². The van der Waals surface area contributed by atoms with Crippen LogP contribution in [0.15, 0.2) is 27.5 Å². The molecule has 1 aliphatic rings. The smallest absolute Gasteiger partial charge is 0.199 e. The average Bonchev–Trinajstić information content (AvgIpc) is 2.38. The van der Waals surface area contributed by atoms with E-state index in [2.05, 4.69) is 4.40 Å². The molecule has 0 unspecified atom stereocenters. The third-order valence-corrected chi connectivity index (χ3v) is 3.91. The van der Waals surface area contributed by atoms with Gasteiger partial charge in [0.05, 0.1) is 10.6 Å². The number of nitrogens with zero attached hydrogens (tertiary/aromatic N) is 1. The Balaban J connectivity index is 2.75. The molecule has 1 aliphatic heterocycles. The fourth-order valence-electron chi connectivity index (χ4n) is 1.80. The molecule has 1 aromatic carbocycles. The Labute approximate surface area is 96.3 Å². The molecule has 2 rings (SSSR count). The Morgan fingerprint density at radius 1 is 1.19 bits per heavy atom. The van der Waals surface area contributed by atoms with E-state index in [1.165, 1.54) is 0 Å². The van der Waals surface area contributed by atoms with Gasteiger partial charge in [0.15, 0.2) is 0 Å². The summed E-state index contributed by atoms with van der Waals surface area (Å²) in [7, 11) is -3.47. The second-order valence-electron chi connectivity index (χ2n) is 5.16. The van der Waals surface area contributed by atoms with E-state index in [9.17, 15) is 8.42 Å². The summed E-state index contributed by atoms with van der Waals surface area (Å²) in [5.74, 6) is 0. The first-order valence-corrected chi connectivity index (χ1v) is 6.62. The zero-order valence-electron chi connectivity index (χ0n) is 9.90. The van der Waals surface area contributed by atoms with E-state index in [-0.39, 0.29) is 5.41 Å². The van der Waals surface area contributed by atoms with Crippen LogP contribution in [0.25, 0.3) is 0 Å². The maximum absolute atomic E-state index is 11.9. The minimum absolute atomic E-state index is 0.256. The van der Waals surface area contributed by atoms with Crippen molar-refractivity contribution in [1.29, 1.82) is 0 Å². The first-order valence-electron chi connectivity index (χ1n) is 5.18.